The first-order chi connectivity index (χ1) is 11.7. The summed E-state index contributed by atoms with van der Waals surface area (Å²) in [6.07, 6.45) is 2.56. The second kappa shape index (κ2) is 10.1. The molecular formula is C19H21BrClFNO2-. The molecule has 1 fully saturated rings. The monoisotopic (exact) mass is 428 g/mol. The van der Waals surface area contributed by atoms with Crippen LogP contribution in [0.15, 0.2) is 46.9 Å². The van der Waals surface area contributed by atoms with Crippen LogP contribution in [0.5, 0.6) is 5.75 Å². The van der Waals surface area contributed by atoms with E-state index in [1.54, 1.807) is 12.1 Å². The Morgan fingerprint density at radius 2 is 2.04 bits per heavy atom. The Kier molecular flexibility index (Phi) is 8.16. The van der Waals surface area contributed by atoms with Gasteiger partial charge in [-0.05, 0) is 37.1 Å². The average Bonchev–Trinajstić information content (AvgIpc) is 3.09. The summed E-state index contributed by atoms with van der Waals surface area (Å²) in [5, 5.41) is 3.42. The molecule has 0 radical (unpaired) electrons. The molecule has 1 N–H and O–H groups in total. The molecule has 0 aromatic heterocycles. The molecule has 6 heteroatoms. The Morgan fingerprint density at radius 1 is 1.20 bits per heavy atom. The van der Waals surface area contributed by atoms with Crippen molar-refractivity contribution in [3.05, 3.63) is 63.9 Å². The SMILES string of the molecule is Fc1ccccc1COc1ccc(Br)cc1CNCC1CCCO1.[Cl-]. The Hall–Kier alpha value is -1.14. The van der Waals surface area contributed by atoms with Gasteiger partial charge in [-0.2, -0.15) is 0 Å². The normalized spacial score (nSPS) is 16.5. The molecule has 1 saturated heterocycles. The quantitative estimate of drug-likeness (QED) is 0.722. The largest absolute Gasteiger partial charge is 1.00 e. The summed E-state index contributed by atoms with van der Waals surface area (Å²) in [7, 11) is 0. The average molecular weight is 430 g/mol. The summed E-state index contributed by atoms with van der Waals surface area (Å²) in [5.41, 5.74) is 1.59. The van der Waals surface area contributed by atoms with Gasteiger partial charge in [-0.3, -0.25) is 0 Å². The second-order valence-electron chi connectivity index (χ2n) is 5.90. The minimum Gasteiger partial charge on any atom is -1.00 e. The molecule has 0 amide bonds. The molecule has 0 bridgehead atoms. The van der Waals surface area contributed by atoms with Gasteiger partial charge in [0.05, 0.1) is 6.10 Å². The predicted molar refractivity (Wildman–Crippen MR) is 95.6 cm³/mol. The van der Waals surface area contributed by atoms with Crippen molar-refractivity contribution in [3.8, 4) is 5.75 Å². The third-order valence-electron chi connectivity index (χ3n) is 4.07. The zero-order chi connectivity index (χ0) is 16.8. The smallest absolute Gasteiger partial charge is 0.129 e. The molecule has 1 aliphatic heterocycles. The lowest BCUT2D eigenvalue weighted by atomic mass is 10.2. The lowest BCUT2D eigenvalue weighted by Crippen LogP contribution is -3.00. The minimum absolute atomic E-state index is 0. The van der Waals surface area contributed by atoms with Gasteiger partial charge in [0.2, 0.25) is 0 Å². The van der Waals surface area contributed by atoms with Crippen LogP contribution in [0.3, 0.4) is 0 Å². The van der Waals surface area contributed by atoms with E-state index >= 15 is 0 Å². The highest BCUT2D eigenvalue weighted by Crippen LogP contribution is 2.24. The maximum absolute atomic E-state index is 13.7. The summed E-state index contributed by atoms with van der Waals surface area (Å²) in [5.74, 6) is 0.522. The van der Waals surface area contributed by atoms with Crippen molar-refractivity contribution in [3.63, 3.8) is 0 Å². The number of ether oxygens (including phenoxy) is 2. The first-order valence-electron chi connectivity index (χ1n) is 8.19. The molecule has 1 atom stereocenters. The van der Waals surface area contributed by atoms with Gasteiger partial charge in [0.15, 0.2) is 0 Å². The van der Waals surface area contributed by atoms with E-state index in [0.717, 1.165) is 41.8 Å². The molecule has 3 nitrogen and oxygen atoms in total. The summed E-state index contributed by atoms with van der Waals surface area (Å²) in [6.45, 7) is 2.60. The minimum atomic E-state index is -0.243. The summed E-state index contributed by atoms with van der Waals surface area (Å²) < 4.78 is 26.2. The van der Waals surface area contributed by atoms with Crippen LogP contribution in [-0.2, 0) is 17.9 Å². The fourth-order valence-electron chi connectivity index (χ4n) is 2.77. The fourth-order valence-corrected chi connectivity index (χ4v) is 3.18. The van der Waals surface area contributed by atoms with E-state index in [-0.39, 0.29) is 24.8 Å². The van der Waals surface area contributed by atoms with E-state index in [0.29, 0.717) is 18.2 Å². The molecule has 136 valence electrons. The molecule has 1 heterocycles. The van der Waals surface area contributed by atoms with E-state index in [1.807, 2.05) is 24.3 Å². The van der Waals surface area contributed by atoms with Gasteiger partial charge < -0.3 is 27.2 Å². The molecule has 0 aliphatic carbocycles. The van der Waals surface area contributed by atoms with Crippen LogP contribution in [0, 0.1) is 5.82 Å². The van der Waals surface area contributed by atoms with Gasteiger partial charge in [0.1, 0.15) is 18.2 Å². The van der Waals surface area contributed by atoms with Crippen molar-refractivity contribution in [2.75, 3.05) is 13.2 Å². The highest BCUT2D eigenvalue weighted by Gasteiger charge is 2.15. The lowest BCUT2D eigenvalue weighted by molar-refractivity contribution is -0.00000699. The third-order valence-corrected chi connectivity index (χ3v) is 4.57. The highest BCUT2D eigenvalue weighted by atomic mass is 79.9. The molecule has 1 unspecified atom stereocenters. The molecule has 2 aromatic rings. The Morgan fingerprint density at radius 3 is 2.80 bits per heavy atom. The maximum atomic E-state index is 13.7. The van der Waals surface area contributed by atoms with Gasteiger partial charge >= 0.3 is 0 Å². The van der Waals surface area contributed by atoms with Crippen molar-refractivity contribution in [2.45, 2.75) is 32.1 Å². The standard InChI is InChI=1S/C19H21BrFNO2.ClH/c20-16-7-8-19(24-13-14-4-1-2-6-18(14)21)15(10-16)11-22-12-17-5-3-9-23-17;/h1-2,4,6-8,10,17,22H,3,5,9,11-13H2;1H/p-1. The van der Waals surface area contributed by atoms with Crippen LogP contribution in [0.25, 0.3) is 0 Å². The van der Waals surface area contributed by atoms with Crippen molar-refractivity contribution >= 4 is 15.9 Å². The molecule has 1 aliphatic rings. The van der Waals surface area contributed by atoms with Crippen molar-refractivity contribution in [1.82, 2.24) is 5.32 Å². The van der Waals surface area contributed by atoms with Crippen molar-refractivity contribution < 1.29 is 26.3 Å². The molecule has 3 rings (SSSR count). The first-order valence-corrected chi connectivity index (χ1v) is 8.98. The van der Waals surface area contributed by atoms with Crippen LogP contribution in [-0.4, -0.2) is 19.3 Å². The van der Waals surface area contributed by atoms with Crippen molar-refractivity contribution in [2.24, 2.45) is 0 Å². The van der Waals surface area contributed by atoms with Gasteiger partial charge in [-0.1, -0.05) is 34.1 Å². The number of hydrogen-bond donors (Lipinski definition) is 1. The van der Waals surface area contributed by atoms with Gasteiger partial charge in [0.25, 0.3) is 0 Å². The summed E-state index contributed by atoms with van der Waals surface area (Å²) in [4.78, 5) is 0. The highest BCUT2D eigenvalue weighted by molar-refractivity contribution is 9.10. The number of rotatable bonds is 7. The van der Waals surface area contributed by atoms with E-state index in [9.17, 15) is 4.39 Å². The molecule has 25 heavy (non-hydrogen) atoms. The van der Waals surface area contributed by atoms with Crippen molar-refractivity contribution in [1.29, 1.82) is 0 Å². The predicted octanol–water partition coefficient (Wildman–Crippen LogP) is 1.44. The van der Waals surface area contributed by atoms with Gasteiger partial charge in [-0.25, -0.2) is 4.39 Å². The zero-order valence-corrected chi connectivity index (χ0v) is 16.2. The van der Waals surface area contributed by atoms with E-state index in [2.05, 4.69) is 21.2 Å². The zero-order valence-electron chi connectivity index (χ0n) is 13.8. The number of hydrogen-bond acceptors (Lipinski definition) is 3. The second-order valence-corrected chi connectivity index (χ2v) is 6.81. The van der Waals surface area contributed by atoms with Crippen LogP contribution in [0.2, 0.25) is 0 Å². The Balaban J connectivity index is 0.00000225. The Bertz CT molecular complexity index is 680. The van der Waals surface area contributed by atoms with Gasteiger partial charge in [0, 0.05) is 35.3 Å². The molecule has 0 spiro atoms. The Labute approximate surface area is 162 Å². The number of nitrogens with one attached hydrogen (secondary N) is 1. The van der Waals surface area contributed by atoms with Crippen LogP contribution in [0.4, 0.5) is 4.39 Å². The molecular weight excluding hydrogens is 409 g/mol. The maximum Gasteiger partial charge on any atom is 0.129 e. The summed E-state index contributed by atoms with van der Waals surface area (Å²) in [6, 6.07) is 12.5. The first kappa shape index (κ1) is 20.2. The number of halogens is 3. The van der Waals surface area contributed by atoms with Gasteiger partial charge in [-0.15, -0.1) is 0 Å². The molecule has 2 aromatic carbocycles. The van der Waals surface area contributed by atoms with Crippen LogP contribution >= 0.6 is 15.9 Å². The van der Waals surface area contributed by atoms with E-state index < -0.39 is 0 Å². The topological polar surface area (TPSA) is 30.5 Å². The fraction of sp³-hybridized carbons (Fsp3) is 0.368. The van der Waals surface area contributed by atoms with Crippen LogP contribution < -0.4 is 22.5 Å². The lowest BCUT2D eigenvalue weighted by Gasteiger charge is -2.15. The summed E-state index contributed by atoms with van der Waals surface area (Å²) >= 11 is 3.49. The number of benzene rings is 2. The third kappa shape index (κ3) is 5.96. The molecule has 0 saturated carbocycles. The van der Waals surface area contributed by atoms with Crippen LogP contribution in [0.1, 0.15) is 24.0 Å². The van der Waals surface area contributed by atoms with E-state index in [4.69, 9.17) is 9.47 Å². The van der Waals surface area contributed by atoms with E-state index in [1.165, 1.54) is 6.07 Å².